The molecule has 1 aromatic rings. The molecular weight excluding hydrogens is 216 g/mol. The summed E-state index contributed by atoms with van der Waals surface area (Å²) in [6, 6.07) is 5.92. The van der Waals surface area contributed by atoms with E-state index in [0.29, 0.717) is 5.02 Å². The fraction of sp³-hybridized carbons (Fsp3) is 0.455. The highest BCUT2D eigenvalue weighted by atomic mass is 35.5. The molecule has 0 aromatic heterocycles. The zero-order valence-electron chi connectivity index (χ0n) is 8.13. The molecule has 0 spiro atoms. The molecule has 1 nitrogen and oxygen atoms in total. The second kappa shape index (κ2) is 4.45. The molecule has 0 amide bonds. The van der Waals surface area contributed by atoms with Gasteiger partial charge in [-0.1, -0.05) is 11.6 Å². The van der Waals surface area contributed by atoms with Gasteiger partial charge >= 0.3 is 0 Å². The smallest absolute Gasteiger partial charge is 0.139 e. The van der Waals surface area contributed by atoms with Gasteiger partial charge in [-0.2, -0.15) is 0 Å². The van der Waals surface area contributed by atoms with Crippen molar-refractivity contribution in [1.29, 1.82) is 0 Å². The summed E-state index contributed by atoms with van der Waals surface area (Å²) in [5.74, 6) is 1.59. The van der Waals surface area contributed by atoms with E-state index >= 15 is 0 Å². The van der Waals surface area contributed by atoms with Gasteiger partial charge in [0.2, 0.25) is 0 Å². The van der Waals surface area contributed by atoms with E-state index < -0.39 is 0 Å². The molecule has 0 bridgehead atoms. The molecule has 0 atom stereocenters. The van der Waals surface area contributed by atoms with Crippen LogP contribution in [0.15, 0.2) is 23.1 Å². The summed E-state index contributed by atoms with van der Waals surface area (Å²) in [5.41, 5.74) is 0. The molecule has 0 radical (unpaired) electrons. The SMILES string of the molecule is CSc1ccc(Cl)c(OCC2CC2)c1. The first-order chi connectivity index (χ1) is 6.79. The van der Waals surface area contributed by atoms with Gasteiger partial charge in [0.25, 0.3) is 0 Å². The summed E-state index contributed by atoms with van der Waals surface area (Å²) in [6.45, 7) is 0.817. The van der Waals surface area contributed by atoms with Crippen LogP contribution in [0, 0.1) is 5.92 Å². The highest BCUT2D eigenvalue weighted by molar-refractivity contribution is 7.98. The van der Waals surface area contributed by atoms with Gasteiger partial charge in [0.05, 0.1) is 11.6 Å². The van der Waals surface area contributed by atoms with Gasteiger partial charge in [-0.15, -0.1) is 11.8 Å². The number of hydrogen-bond acceptors (Lipinski definition) is 2. The van der Waals surface area contributed by atoms with Crippen LogP contribution in [-0.2, 0) is 0 Å². The van der Waals surface area contributed by atoms with Crippen LogP contribution in [0.2, 0.25) is 5.02 Å². The van der Waals surface area contributed by atoms with Crippen LogP contribution in [0.3, 0.4) is 0 Å². The second-order valence-electron chi connectivity index (χ2n) is 3.55. The Morgan fingerprint density at radius 1 is 1.50 bits per heavy atom. The highest BCUT2D eigenvalue weighted by Gasteiger charge is 2.22. The minimum absolute atomic E-state index is 0.712. The van der Waals surface area contributed by atoms with Crippen LogP contribution in [0.25, 0.3) is 0 Å². The summed E-state index contributed by atoms with van der Waals surface area (Å²) in [5, 5.41) is 0.712. The number of hydrogen-bond donors (Lipinski definition) is 0. The Kier molecular flexibility index (Phi) is 3.24. The molecule has 2 rings (SSSR count). The Labute approximate surface area is 93.8 Å². The van der Waals surface area contributed by atoms with E-state index in [0.717, 1.165) is 18.3 Å². The molecule has 1 aliphatic rings. The predicted molar refractivity (Wildman–Crippen MR) is 61.5 cm³/mol. The fourth-order valence-electron chi connectivity index (χ4n) is 1.21. The lowest BCUT2D eigenvalue weighted by Crippen LogP contribution is -1.99. The summed E-state index contributed by atoms with van der Waals surface area (Å²) in [7, 11) is 0. The molecule has 1 saturated carbocycles. The van der Waals surface area contributed by atoms with Gasteiger partial charge in [0.1, 0.15) is 5.75 Å². The topological polar surface area (TPSA) is 9.23 Å². The molecule has 3 heteroatoms. The zero-order chi connectivity index (χ0) is 9.97. The van der Waals surface area contributed by atoms with E-state index in [1.165, 1.54) is 17.7 Å². The normalized spacial score (nSPS) is 15.6. The fourth-order valence-corrected chi connectivity index (χ4v) is 1.81. The van der Waals surface area contributed by atoms with Gasteiger partial charge in [0.15, 0.2) is 0 Å². The van der Waals surface area contributed by atoms with Crippen LogP contribution in [0.1, 0.15) is 12.8 Å². The Balaban J connectivity index is 2.04. The molecule has 76 valence electrons. The minimum Gasteiger partial charge on any atom is -0.492 e. The van der Waals surface area contributed by atoms with Gasteiger partial charge < -0.3 is 4.74 Å². The molecule has 0 saturated heterocycles. The van der Waals surface area contributed by atoms with Crippen molar-refractivity contribution in [2.24, 2.45) is 5.92 Å². The van der Waals surface area contributed by atoms with Crippen molar-refractivity contribution in [2.75, 3.05) is 12.9 Å². The molecule has 14 heavy (non-hydrogen) atoms. The molecule has 0 N–H and O–H groups in total. The average molecular weight is 229 g/mol. The van der Waals surface area contributed by atoms with E-state index in [4.69, 9.17) is 16.3 Å². The largest absolute Gasteiger partial charge is 0.492 e. The standard InChI is InChI=1S/C11H13ClOS/c1-14-9-4-5-10(12)11(6-9)13-7-8-2-3-8/h4-6,8H,2-3,7H2,1H3. The van der Waals surface area contributed by atoms with Crippen molar-refractivity contribution >= 4 is 23.4 Å². The van der Waals surface area contributed by atoms with Gasteiger partial charge in [-0.05, 0) is 43.2 Å². The Morgan fingerprint density at radius 2 is 2.29 bits per heavy atom. The molecule has 0 heterocycles. The lowest BCUT2D eigenvalue weighted by atomic mass is 10.3. The number of thioether (sulfide) groups is 1. The predicted octanol–water partition coefficient (Wildman–Crippen LogP) is 3.85. The van der Waals surface area contributed by atoms with Crippen LogP contribution in [-0.4, -0.2) is 12.9 Å². The van der Waals surface area contributed by atoms with E-state index in [1.807, 2.05) is 24.5 Å². The monoisotopic (exact) mass is 228 g/mol. The van der Waals surface area contributed by atoms with Crippen LogP contribution in [0.5, 0.6) is 5.75 Å². The third-order valence-corrected chi connectivity index (χ3v) is 3.35. The first-order valence-corrected chi connectivity index (χ1v) is 6.36. The molecular formula is C11H13ClOS. The highest BCUT2D eigenvalue weighted by Crippen LogP contribution is 2.33. The van der Waals surface area contributed by atoms with Crippen molar-refractivity contribution in [3.8, 4) is 5.75 Å². The molecule has 0 unspecified atom stereocenters. The van der Waals surface area contributed by atoms with Crippen molar-refractivity contribution in [3.63, 3.8) is 0 Å². The van der Waals surface area contributed by atoms with E-state index in [1.54, 1.807) is 11.8 Å². The average Bonchev–Trinajstić information content (AvgIpc) is 3.00. The summed E-state index contributed by atoms with van der Waals surface area (Å²) in [6.07, 6.45) is 4.66. The summed E-state index contributed by atoms with van der Waals surface area (Å²) >= 11 is 7.73. The number of rotatable bonds is 4. The van der Waals surface area contributed by atoms with Crippen LogP contribution >= 0.6 is 23.4 Å². The lowest BCUT2D eigenvalue weighted by Gasteiger charge is -2.08. The molecule has 1 fully saturated rings. The maximum Gasteiger partial charge on any atom is 0.139 e. The molecule has 1 aromatic carbocycles. The Bertz CT molecular complexity index is 323. The number of ether oxygens (including phenoxy) is 1. The maximum absolute atomic E-state index is 6.02. The first-order valence-electron chi connectivity index (χ1n) is 4.76. The van der Waals surface area contributed by atoms with E-state index in [2.05, 4.69) is 0 Å². The zero-order valence-corrected chi connectivity index (χ0v) is 9.70. The third-order valence-electron chi connectivity index (χ3n) is 2.31. The summed E-state index contributed by atoms with van der Waals surface area (Å²) < 4.78 is 5.66. The van der Waals surface area contributed by atoms with Gasteiger partial charge in [0, 0.05) is 4.90 Å². The molecule has 0 aliphatic heterocycles. The quantitative estimate of drug-likeness (QED) is 0.724. The summed E-state index contributed by atoms with van der Waals surface area (Å²) in [4.78, 5) is 1.19. The van der Waals surface area contributed by atoms with E-state index in [9.17, 15) is 0 Å². The Hall–Kier alpha value is -0.340. The van der Waals surface area contributed by atoms with Crippen molar-refractivity contribution in [2.45, 2.75) is 17.7 Å². The van der Waals surface area contributed by atoms with Crippen LogP contribution < -0.4 is 4.74 Å². The number of halogens is 1. The van der Waals surface area contributed by atoms with Gasteiger partial charge in [-0.25, -0.2) is 0 Å². The maximum atomic E-state index is 6.02. The van der Waals surface area contributed by atoms with Crippen LogP contribution in [0.4, 0.5) is 0 Å². The second-order valence-corrected chi connectivity index (χ2v) is 4.84. The minimum atomic E-state index is 0.712. The van der Waals surface area contributed by atoms with Gasteiger partial charge in [-0.3, -0.25) is 0 Å². The number of benzene rings is 1. The Morgan fingerprint density at radius 3 is 2.93 bits per heavy atom. The van der Waals surface area contributed by atoms with Crippen molar-refractivity contribution in [1.82, 2.24) is 0 Å². The lowest BCUT2D eigenvalue weighted by molar-refractivity contribution is 0.299. The van der Waals surface area contributed by atoms with Crippen molar-refractivity contribution in [3.05, 3.63) is 23.2 Å². The molecule has 1 aliphatic carbocycles. The first kappa shape index (κ1) is 10.2. The van der Waals surface area contributed by atoms with E-state index in [-0.39, 0.29) is 0 Å². The third kappa shape index (κ3) is 2.58. The van der Waals surface area contributed by atoms with Crippen molar-refractivity contribution < 1.29 is 4.74 Å².